The van der Waals surface area contributed by atoms with Gasteiger partial charge in [-0.1, -0.05) is 62.4 Å². The highest BCUT2D eigenvalue weighted by molar-refractivity contribution is 6.46. The number of anilines is 1. The first-order chi connectivity index (χ1) is 20.5. The van der Waals surface area contributed by atoms with Gasteiger partial charge in [0.2, 0.25) is 5.91 Å². The number of rotatable bonds is 8. The normalized spacial score (nSPS) is 15.3. The lowest BCUT2D eigenvalue weighted by Gasteiger charge is -2.22. The summed E-state index contributed by atoms with van der Waals surface area (Å²) < 4.78 is 31.1. The Kier molecular flexibility index (Phi) is 8.40. The zero-order valence-corrected chi connectivity index (χ0v) is 24.3. The fourth-order valence-electron chi connectivity index (χ4n) is 4.68. The molecule has 1 amide bonds. The van der Waals surface area contributed by atoms with Gasteiger partial charge in [-0.3, -0.25) is 18.4 Å². The minimum absolute atomic E-state index is 0.149. The number of hydrogen-bond acceptors (Lipinski definition) is 5. The predicted octanol–water partition coefficient (Wildman–Crippen LogP) is 5.29. The molecule has 220 valence electrons. The number of benzene rings is 2. The van der Waals surface area contributed by atoms with Gasteiger partial charge in [-0.25, -0.2) is 4.68 Å². The molecular weight excluding hydrogens is 551 g/mol. The molecule has 0 unspecified atom stereocenters. The number of H-pyrrole nitrogens is 1. The molecule has 0 bridgehead atoms. The standard InChI is InChI=1S/C31H32BF2N7O2/c1-20-7-5-6-8-22(20)17-35-27-16-14-25(41(27)32(33)34)30(21-9-11-23(12-10-21)36-29(43)19-42)24-13-15-28(37-24)40-18-26(38-39-40)31(2,3)4/h5-16,18,37,42H,17,19H2,1-4H3,(H,36,43). The van der Waals surface area contributed by atoms with E-state index in [1.54, 1.807) is 47.2 Å². The number of hydrogen-bond donors (Lipinski definition) is 3. The van der Waals surface area contributed by atoms with E-state index in [-0.39, 0.29) is 23.5 Å². The average molecular weight is 583 g/mol. The van der Waals surface area contributed by atoms with E-state index in [2.05, 4.69) is 25.6 Å². The smallest absolute Gasteiger partial charge is 0.387 e. The molecule has 1 aliphatic heterocycles. The fourth-order valence-corrected chi connectivity index (χ4v) is 4.68. The average Bonchev–Trinajstić information content (AvgIpc) is 3.74. The summed E-state index contributed by atoms with van der Waals surface area (Å²) in [5, 5.41) is 20.2. The number of aliphatic imine (C=N–C) groups is 1. The molecule has 3 N–H and O–H groups in total. The van der Waals surface area contributed by atoms with Crippen LogP contribution in [0.25, 0.3) is 11.4 Å². The molecule has 0 saturated carbocycles. The van der Waals surface area contributed by atoms with Crippen molar-refractivity contribution in [1.82, 2.24) is 24.8 Å². The lowest BCUT2D eigenvalue weighted by atomic mass is 9.93. The number of amides is 1. The van der Waals surface area contributed by atoms with Crippen LogP contribution in [-0.2, 0) is 16.8 Å². The van der Waals surface area contributed by atoms with Crippen LogP contribution in [0.4, 0.5) is 14.3 Å². The summed E-state index contributed by atoms with van der Waals surface area (Å²) in [6.45, 7) is 7.69. The first-order valence-electron chi connectivity index (χ1n) is 13.8. The number of allylic oxidation sites excluding steroid dienone is 1. The summed E-state index contributed by atoms with van der Waals surface area (Å²) in [7, 11) is -2.86. The van der Waals surface area contributed by atoms with Crippen molar-refractivity contribution in [1.29, 1.82) is 0 Å². The highest BCUT2D eigenvalue weighted by Gasteiger charge is 2.35. The molecule has 43 heavy (non-hydrogen) atoms. The Labute approximate surface area is 248 Å². The van der Waals surface area contributed by atoms with Gasteiger partial charge in [0, 0.05) is 28.1 Å². The first-order valence-corrected chi connectivity index (χ1v) is 13.8. The lowest BCUT2D eigenvalue weighted by molar-refractivity contribution is -0.118. The van der Waals surface area contributed by atoms with E-state index < -0.39 is 19.9 Å². The Bertz CT molecular complexity index is 1720. The SMILES string of the molecule is Cc1ccccc1CN=C1C=CC(=C(c2ccc(NC(=O)CO)cc2)c2ccc(-n3cc(C(C)(C)C)nn3)[nH]2)N1B(F)F. The van der Waals surface area contributed by atoms with E-state index in [0.29, 0.717) is 28.3 Å². The van der Waals surface area contributed by atoms with Gasteiger partial charge in [0.05, 0.1) is 18.4 Å². The van der Waals surface area contributed by atoms with Crippen LogP contribution in [0.15, 0.2) is 89.7 Å². The van der Waals surface area contributed by atoms with Crippen LogP contribution in [0.3, 0.4) is 0 Å². The third kappa shape index (κ3) is 6.49. The summed E-state index contributed by atoms with van der Waals surface area (Å²) >= 11 is 0. The quantitative estimate of drug-likeness (QED) is 0.244. The van der Waals surface area contributed by atoms with Gasteiger partial charge < -0.3 is 20.2 Å². The lowest BCUT2D eigenvalue weighted by Crippen LogP contribution is -2.34. The molecule has 4 aromatic rings. The van der Waals surface area contributed by atoms with Crippen molar-refractivity contribution >= 4 is 30.4 Å². The molecule has 9 nitrogen and oxygen atoms in total. The number of carbonyl (C=O) groups is 1. The summed E-state index contributed by atoms with van der Waals surface area (Å²) in [6, 6.07) is 18.1. The van der Waals surface area contributed by atoms with Gasteiger partial charge in [-0.15, -0.1) is 5.10 Å². The minimum Gasteiger partial charge on any atom is -0.387 e. The van der Waals surface area contributed by atoms with Gasteiger partial charge in [0.15, 0.2) is 0 Å². The van der Waals surface area contributed by atoms with E-state index in [0.717, 1.165) is 21.6 Å². The molecule has 2 aromatic carbocycles. The van der Waals surface area contributed by atoms with Crippen LogP contribution in [0.5, 0.6) is 0 Å². The van der Waals surface area contributed by atoms with E-state index in [1.165, 1.54) is 0 Å². The number of aliphatic hydroxyl groups is 1. The third-order valence-corrected chi connectivity index (χ3v) is 7.07. The second-order valence-electron chi connectivity index (χ2n) is 11.2. The Morgan fingerprint density at radius 2 is 1.81 bits per heavy atom. The molecule has 0 atom stereocenters. The second kappa shape index (κ2) is 12.2. The Morgan fingerprint density at radius 3 is 2.47 bits per heavy atom. The van der Waals surface area contributed by atoms with Crippen LogP contribution in [-0.4, -0.2) is 55.6 Å². The van der Waals surface area contributed by atoms with Gasteiger partial charge in [0.1, 0.15) is 18.3 Å². The van der Waals surface area contributed by atoms with Gasteiger partial charge >= 0.3 is 7.40 Å². The number of nitrogens with zero attached hydrogens (tertiary/aromatic N) is 5. The van der Waals surface area contributed by atoms with Crippen LogP contribution in [0, 0.1) is 6.92 Å². The van der Waals surface area contributed by atoms with Crippen LogP contribution in [0.1, 0.15) is 48.8 Å². The molecule has 1 aliphatic rings. The number of nitrogens with one attached hydrogen (secondary N) is 2. The first kappa shape index (κ1) is 29.7. The topological polar surface area (TPSA) is 111 Å². The molecule has 3 heterocycles. The molecular formula is C31H32BF2N7O2. The monoisotopic (exact) mass is 583 g/mol. The molecule has 5 rings (SSSR count). The zero-order chi connectivity index (χ0) is 30.7. The van der Waals surface area contributed by atoms with Crippen molar-refractivity contribution < 1.29 is 18.5 Å². The third-order valence-electron chi connectivity index (χ3n) is 7.07. The Hall–Kier alpha value is -4.84. The maximum Gasteiger partial charge on any atom is 0.679 e. The Balaban J connectivity index is 1.58. The molecule has 0 saturated heterocycles. The fraction of sp³-hybridized carbons (Fsp3) is 0.226. The maximum atomic E-state index is 14.7. The second-order valence-corrected chi connectivity index (χ2v) is 11.2. The van der Waals surface area contributed by atoms with Crippen molar-refractivity contribution in [2.45, 2.75) is 39.7 Å². The minimum atomic E-state index is -2.86. The van der Waals surface area contributed by atoms with Crippen molar-refractivity contribution in [2.24, 2.45) is 4.99 Å². The van der Waals surface area contributed by atoms with Crippen molar-refractivity contribution in [3.05, 3.63) is 113 Å². The number of aryl methyl sites for hydroxylation is 1. The molecule has 0 fully saturated rings. The van der Waals surface area contributed by atoms with Crippen LogP contribution in [0.2, 0.25) is 0 Å². The number of amidine groups is 1. The number of aromatic amines is 1. The highest BCUT2D eigenvalue weighted by Crippen LogP contribution is 2.34. The van der Waals surface area contributed by atoms with Gasteiger partial charge in [-0.2, -0.15) is 0 Å². The predicted molar refractivity (Wildman–Crippen MR) is 164 cm³/mol. The molecule has 0 radical (unpaired) electrons. The van der Waals surface area contributed by atoms with Crippen LogP contribution >= 0.6 is 0 Å². The van der Waals surface area contributed by atoms with Crippen LogP contribution < -0.4 is 5.32 Å². The van der Waals surface area contributed by atoms with Gasteiger partial charge in [-0.05, 0) is 60.0 Å². The number of aliphatic hydroxyl groups excluding tert-OH is 1. The number of carbonyl (C=O) groups excluding carboxylic acids is 1. The molecule has 0 spiro atoms. The van der Waals surface area contributed by atoms with Crippen molar-refractivity contribution in [2.75, 3.05) is 11.9 Å². The van der Waals surface area contributed by atoms with E-state index in [4.69, 9.17) is 5.11 Å². The maximum absolute atomic E-state index is 14.7. The van der Waals surface area contributed by atoms with Crippen molar-refractivity contribution in [3.8, 4) is 5.82 Å². The molecule has 0 aliphatic carbocycles. The molecule has 2 aromatic heterocycles. The summed E-state index contributed by atoms with van der Waals surface area (Å²) in [6.07, 6.45) is 5.05. The highest BCUT2D eigenvalue weighted by atomic mass is 19.2. The van der Waals surface area contributed by atoms with E-state index in [1.807, 2.05) is 64.2 Å². The van der Waals surface area contributed by atoms with Crippen molar-refractivity contribution in [3.63, 3.8) is 0 Å². The zero-order valence-electron chi connectivity index (χ0n) is 24.3. The molecule has 12 heteroatoms. The van der Waals surface area contributed by atoms with E-state index >= 15 is 0 Å². The largest absolute Gasteiger partial charge is 0.679 e. The Morgan fingerprint density at radius 1 is 1.07 bits per heavy atom. The number of halogens is 2. The summed E-state index contributed by atoms with van der Waals surface area (Å²) in [5.74, 6) is 0.206. The summed E-state index contributed by atoms with van der Waals surface area (Å²) in [4.78, 5) is 20.5. The van der Waals surface area contributed by atoms with E-state index in [9.17, 15) is 13.4 Å². The summed E-state index contributed by atoms with van der Waals surface area (Å²) in [5.41, 5.74) is 5.00. The number of aromatic nitrogens is 4. The van der Waals surface area contributed by atoms with Gasteiger partial charge in [0.25, 0.3) is 0 Å².